The summed E-state index contributed by atoms with van der Waals surface area (Å²) in [5.74, 6) is 0. The minimum atomic E-state index is -4.40. The third-order valence-electron chi connectivity index (χ3n) is 5.62. The lowest BCUT2D eigenvalue weighted by Gasteiger charge is -2.36. The van der Waals surface area contributed by atoms with Crippen LogP contribution in [0.5, 0.6) is 0 Å². The van der Waals surface area contributed by atoms with Gasteiger partial charge in [-0.25, -0.2) is 16.8 Å². The summed E-state index contributed by atoms with van der Waals surface area (Å²) in [6, 6.07) is 10.4. The second-order valence-electron chi connectivity index (χ2n) is 7.99. The van der Waals surface area contributed by atoms with Crippen LogP contribution in [-0.2, 0) is 32.6 Å². The molecule has 1 fully saturated rings. The number of piperidine rings is 1. The molecule has 0 bridgehead atoms. The fraction of sp³-hybridized carbons (Fsp3) is 0.429. The number of hydrogen-bond donors (Lipinski definition) is 0. The SMILES string of the molecule is CN(Cc1cccc(C(F)(F)F)c1)C1CCN(S(=O)(=O)c2ccc(S(C)(=O)=O)cc2)CC1. The van der Waals surface area contributed by atoms with Gasteiger partial charge in [0.05, 0.1) is 15.4 Å². The first-order valence-corrected chi connectivity index (χ1v) is 13.3. The second kappa shape index (κ2) is 9.12. The summed E-state index contributed by atoms with van der Waals surface area (Å²) in [6.45, 7) is 0.871. The molecule has 32 heavy (non-hydrogen) atoms. The van der Waals surface area contributed by atoms with E-state index >= 15 is 0 Å². The molecule has 2 aromatic rings. The normalized spacial score (nSPS) is 17.1. The van der Waals surface area contributed by atoms with E-state index in [4.69, 9.17) is 0 Å². The van der Waals surface area contributed by atoms with E-state index in [1.54, 1.807) is 6.07 Å². The third kappa shape index (κ3) is 5.69. The van der Waals surface area contributed by atoms with E-state index in [9.17, 15) is 30.0 Å². The molecule has 1 aliphatic rings. The van der Waals surface area contributed by atoms with Gasteiger partial charge in [0.15, 0.2) is 9.84 Å². The first-order chi connectivity index (χ1) is 14.8. The van der Waals surface area contributed by atoms with Gasteiger partial charge in [-0.15, -0.1) is 0 Å². The Bertz CT molecular complexity index is 1160. The van der Waals surface area contributed by atoms with Crippen molar-refractivity contribution in [2.24, 2.45) is 0 Å². The monoisotopic (exact) mass is 490 g/mol. The molecule has 1 aliphatic heterocycles. The molecule has 11 heteroatoms. The van der Waals surface area contributed by atoms with Crippen molar-refractivity contribution < 1.29 is 30.0 Å². The van der Waals surface area contributed by atoms with Gasteiger partial charge in [0, 0.05) is 31.9 Å². The molecule has 6 nitrogen and oxygen atoms in total. The zero-order valence-corrected chi connectivity index (χ0v) is 19.3. The van der Waals surface area contributed by atoms with Crippen LogP contribution in [0.4, 0.5) is 13.2 Å². The number of alkyl halides is 3. The summed E-state index contributed by atoms with van der Waals surface area (Å²) in [5.41, 5.74) is -0.144. The number of benzene rings is 2. The number of sulfonamides is 1. The summed E-state index contributed by atoms with van der Waals surface area (Å²) in [5, 5.41) is 0. The maximum absolute atomic E-state index is 12.9. The van der Waals surface area contributed by atoms with Gasteiger partial charge in [0.1, 0.15) is 0 Å². The largest absolute Gasteiger partial charge is 0.416 e. The van der Waals surface area contributed by atoms with Crippen molar-refractivity contribution in [1.82, 2.24) is 9.21 Å². The Morgan fingerprint density at radius 2 is 1.53 bits per heavy atom. The van der Waals surface area contributed by atoms with Crippen LogP contribution in [0.25, 0.3) is 0 Å². The highest BCUT2D eigenvalue weighted by Crippen LogP contribution is 2.30. The summed E-state index contributed by atoms with van der Waals surface area (Å²) in [4.78, 5) is 2.02. The Morgan fingerprint density at radius 3 is 2.06 bits per heavy atom. The van der Waals surface area contributed by atoms with Crippen molar-refractivity contribution in [3.05, 3.63) is 59.7 Å². The number of hydrogen-bond acceptors (Lipinski definition) is 5. The van der Waals surface area contributed by atoms with Crippen LogP contribution < -0.4 is 0 Å². The minimum absolute atomic E-state index is 0.0284. The Kier molecular flexibility index (Phi) is 7.04. The molecule has 0 amide bonds. The van der Waals surface area contributed by atoms with Crippen LogP contribution in [0.1, 0.15) is 24.0 Å². The van der Waals surface area contributed by atoms with E-state index in [0.717, 1.165) is 18.4 Å². The van der Waals surface area contributed by atoms with Crippen molar-refractivity contribution >= 4 is 19.9 Å². The number of rotatable bonds is 6. The first kappa shape index (κ1) is 24.7. The molecule has 0 N–H and O–H groups in total. The zero-order valence-electron chi connectivity index (χ0n) is 17.7. The molecule has 176 valence electrons. The van der Waals surface area contributed by atoms with Crippen LogP contribution in [0.3, 0.4) is 0 Å². The van der Waals surface area contributed by atoms with Crippen LogP contribution in [0, 0.1) is 0 Å². The summed E-state index contributed by atoms with van der Waals surface area (Å²) in [7, 11) is -5.36. The van der Waals surface area contributed by atoms with E-state index in [0.29, 0.717) is 24.9 Å². The minimum Gasteiger partial charge on any atom is -0.299 e. The standard InChI is InChI=1S/C21H25F3N2O4S2/c1-25(15-16-4-3-5-17(14-16)21(22,23)24)18-10-12-26(13-11-18)32(29,30)20-8-6-19(7-9-20)31(2,27)28/h3-9,14,18H,10-13,15H2,1-2H3. The Balaban J connectivity index is 1.63. The predicted octanol–water partition coefficient (Wildman–Crippen LogP) is 3.39. The molecule has 2 aromatic carbocycles. The Hall–Kier alpha value is -1.95. The molecule has 0 unspecified atom stereocenters. The van der Waals surface area contributed by atoms with Gasteiger partial charge in [0.25, 0.3) is 0 Å². The Labute approximate surface area is 186 Å². The molecular weight excluding hydrogens is 465 g/mol. The maximum Gasteiger partial charge on any atom is 0.416 e. The van der Waals surface area contributed by atoms with E-state index in [2.05, 4.69) is 0 Å². The van der Waals surface area contributed by atoms with Gasteiger partial charge in [-0.1, -0.05) is 18.2 Å². The third-order valence-corrected chi connectivity index (χ3v) is 8.66. The van der Waals surface area contributed by atoms with Crippen LogP contribution in [-0.4, -0.2) is 58.5 Å². The molecule has 0 aromatic heterocycles. The molecule has 1 saturated heterocycles. The molecule has 1 heterocycles. The molecule has 0 saturated carbocycles. The first-order valence-electron chi connectivity index (χ1n) is 9.95. The fourth-order valence-electron chi connectivity index (χ4n) is 3.79. The van der Waals surface area contributed by atoms with Crippen molar-refractivity contribution in [3.8, 4) is 0 Å². The van der Waals surface area contributed by atoms with Gasteiger partial charge in [-0.2, -0.15) is 17.5 Å². The molecule has 0 spiro atoms. The van der Waals surface area contributed by atoms with Gasteiger partial charge < -0.3 is 0 Å². The topological polar surface area (TPSA) is 74.8 Å². The van der Waals surface area contributed by atoms with Crippen molar-refractivity contribution in [1.29, 1.82) is 0 Å². The van der Waals surface area contributed by atoms with Crippen LogP contribution in [0.2, 0.25) is 0 Å². The van der Waals surface area contributed by atoms with Crippen LogP contribution in [0.15, 0.2) is 58.3 Å². The summed E-state index contributed by atoms with van der Waals surface area (Å²) >= 11 is 0. The second-order valence-corrected chi connectivity index (χ2v) is 11.9. The van der Waals surface area contributed by atoms with Gasteiger partial charge in [-0.05, 0) is 55.8 Å². The highest BCUT2D eigenvalue weighted by Gasteiger charge is 2.32. The Morgan fingerprint density at radius 1 is 0.969 bits per heavy atom. The zero-order chi connectivity index (χ0) is 23.7. The average Bonchev–Trinajstić information content (AvgIpc) is 2.73. The number of halogens is 3. The van der Waals surface area contributed by atoms with Crippen molar-refractivity contribution in [2.75, 3.05) is 26.4 Å². The lowest BCUT2D eigenvalue weighted by Crippen LogP contribution is -2.45. The molecule has 0 atom stereocenters. The van der Waals surface area contributed by atoms with E-state index in [1.807, 2.05) is 11.9 Å². The molecule has 3 rings (SSSR count). The van der Waals surface area contributed by atoms with Crippen LogP contribution >= 0.6 is 0 Å². The van der Waals surface area contributed by atoms with E-state index < -0.39 is 31.6 Å². The average molecular weight is 491 g/mol. The highest BCUT2D eigenvalue weighted by molar-refractivity contribution is 7.90. The number of nitrogens with zero attached hydrogens (tertiary/aromatic N) is 2. The summed E-state index contributed by atoms with van der Waals surface area (Å²) < 4.78 is 89.1. The lowest BCUT2D eigenvalue weighted by atomic mass is 10.0. The molecule has 0 aliphatic carbocycles. The van der Waals surface area contributed by atoms with Gasteiger partial charge in [0.2, 0.25) is 10.0 Å². The van der Waals surface area contributed by atoms with Crippen molar-refractivity contribution in [3.63, 3.8) is 0 Å². The fourth-order valence-corrected chi connectivity index (χ4v) is 5.89. The highest BCUT2D eigenvalue weighted by atomic mass is 32.2. The van der Waals surface area contributed by atoms with Crippen molar-refractivity contribution in [2.45, 2.75) is 41.4 Å². The maximum atomic E-state index is 12.9. The van der Waals surface area contributed by atoms with E-state index in [1.165, 1.54) is 34.6 Å². The smallest absolute Gasteiger partial charge is 0.299 e. The molecular formula is C21H25F3N2O4S2. The lowest BCUT2D eigenvalue weighted by molar-refractivity contribution is -0.137. The predicted molar refractivity (Wildman–Crippen MR) is 114 cm³/mol. The quantitative estimate of drug-likeness (QED) is 0.621. The summed E-state index contributed by atoms with van der Waals surface area (Å²) in [6.07, 6.45) is -2.27. The van der Waals surface area contributed by atoms with Gasteiger partial charge in [-0.3, -0.25) is 4.90 Å². The van der Waals surface area contributed by atoms with Gasteiger partial charge >= 0.3 is 6.18 Å². The van der Waals surface area contributed by atoms with E-state index in [-0.39, 0.29) is 28.9 Å². The molecule has 0 radical (unpaired) electrons. The number of sulfone groups is 1.